The van der Waals surface area contributed by atoms with E-state index in [9.17, 15) is 8.42 Å². The molecule has 132 valence electrons. The Hall–Kier alpha value is -2.56. The number of hydrogen-bond acceptors (Lipinski definition) is 3. The van der Waals surface area contributed by atoms with Crippen molar-refractivity contribution >= 4 is 27.5 Å². The number of halogens is 1. The predicted molar refractivity (Wildman–Crippen MR) is 105 cm³/mol. The van der Waals surface area contributed by atoms with E-state index >= 15 is 0 Å². The first-order chi connectivity index (χ1) is 12.5. The zero-order chi connectivity index (χ0) is 18.4. The largest absolute Gasteiger partial charge is 0.489 e. The predicted octanol–water partition coefficient (Wildman–Crippen LogP) is 5.36. The van der Waals surface area contributed by atoms with Crippen LogP contribution < -0.4 is 4.74 Å². The van der Waals surface area contributed by atoms with Crippen LogP contribution in [0, 0.1) is 0 Å². The molecule has 0 aromatic heterocycles. The van der Waals surface area contributed by atoms with E-state index in [0.29, 0.717) is 11.6 Å². The van der Waals surface area contributed by atoms with Crippen LogP contribution in [0.25, 0.3) is 6.08 Å². The normalized spacial score (nSPS) is 11.6. The van der Waals surface area contributed by atoms with E-state index in [1.807, 2.05) is 54.6 Å². The van der Waals surface area contributed by atoms with Crippen molar-refractivity contribution in [3.05, 3.63) is 100 Å². The standard InChI is InChI=1S/C21H17ClO3S/c22-19-8-12-21(13-9-19)26(23,24)15-14-17-6-10-20(11-7-17)25-16-18-4-2-1-3-5-18/h1-15H,16H2/b15-14+. The zero-order valence-corrected chi connectivity index (χ0v) is 15.5. The lowest BCUT2D eigenvalue weighted by molar-refractivity contribution is 0.306. The van der Waals surface area contributed by atoms with Gasteiger partial charge in [-0.1, -0.05) is 54.1 Å². The summed E-state index contributed by atoms with van der Waals surface area (Å²) in [7, 11) is -3.50. The summed E-state index contributed by atoms with van der Waals surface area (Å²) in [6.07, 6.45) is 1.56. The van der Waals surface area contributed by atoms with E-state index < -0.39 is 9.84 Å². The average molecular weight is 385 g/mol. The van der Waals surface area contributed by atoms with Crippen LogP contribution in [0.15, 0.2) is 89.2 Å². The molecule has 0 fully saturated rings. The number of ether oxygens (including phenoxy) is 1. The zero-order valence-electron chi connectivity index (χ0n) is 13.9. The van der Waals surface area contributed by atoms with Crippen molar-refractivity contribution in [2.24, 2.45) is 0 Å². The molecule has 0 amide bonds. The highest BCUT2D eigenvalue weighted by Gasteiger charge is 2.09. The van der Waals surface area contributed by atoms with Crippen LogP contribution in [0.4, 0.5) is 0 Å². The van der Waals surface area contributed by atoms with E-state index in [1.54, 1.807) is 18.2 Å². The smallest absolute Gasteiger partial charge is 0.199 e. The molecule has 0 saturated heterocycles. The molecule has 3 rings (SSSR count). The number of sulfone groups is 1. The molecule has 0 aliphatic heterocycles. The minimum atomic E-state index is -3.50. The Balaban J connectivity index is 1.65. The SMILES string of the molecule is O=S(=O)(/C=C/c1ccc(OCc2ccccc2)cc1)c1ccc(Cl)cc1. The summed E-state index contributed by atoms with van der Waals surface area (Å²) in [5.74, 6) is 0.728. The van der Waals surface area contributed by atoms with Gasteiger partial charge in [-0.3, -0.25) is 0 Å². The highest BCUT2D eigenvalue weighted by Crippen LogP contribution is 2.19. The molecule has 0 radical (unpaired) electrons. The van der Waals surface area contributed by atoms with Gasteiger partial charge in [-0.2, -0.15) is 0 Å². The molecular weight excluding hydrogens is 368 g/mol. The van der Waals surface area contributed by atoms with Crippen LogP contribution in [-0.4, -0.2) is 8.42 Å². The molecule has 0 N–H and O–H groups in total. The fraction of sp³-hybridized carbons (Fsp3) is 0.0476. The Morgan fingerprint density at radius 1 is 0.846 bits per heavy atom. The second kappa shape index (κ2) is 8.21. The van der Waals surface area contributed by atoms with E-state index in [0.717, 1.165) is 16.9 Å². The molecule has 0 aliphatic rings. The third kappa shape index (κ3) is 4.97. The topological polar surface area (TPSA) is 43.4 Å². The quantitative estimate of drug-likeness (QED) is 0.574. The van der Waals surface area contributed by atoms with Gasteiger partial charge in [0.1, 0.15) is 12.4 Å². The minimum Gasteiger partial charge on any atom is -0.489 e. The molecule has 5 heteroatoms. The van der Waals surface area contributed by atoms with Gasteiger partial charge in [0.05, 0.1) is 4.90 Å². The Labute approximate surface area is 158 Å². The van der Waals surface area contributed by atoms with E-state index in [1.165, 1.54) is 17.5 Å². The molecule has 3 aromatic carbocycles. The first-order valence-corrected chi connectivity index (χ1v) is 9.91. The maximum atomic E-state index is 12.3. The number of rotatable bonds is 6. The van der Waals surface area contributed by atoms with Gasteiger partial charge in [0.25, 0.3) is 0 Å². The summed E-state index contributed by atoms with van der Waals surface area (Å²) >= 11 is 5.79. The van der Waals surface area contributed by atoms with Crippen LogP contribution in [0.2, 0.25) is 5.02 Å². The Kier molecular flexibility index (Phi) is 5.76. The van der Waals surface area contributed by atoms with Crippen molar-refractivity contribution in [3.63, 3.8) is 0 Å². The summed E-state index contributed by atoms with van der Waals surface area (Å²) in [5.41, 5.74) is 1.86. The lowest BCUT2D eigenvalue weighted by Gasteiger charge is -2.06. The van der Waals surface area contributed by atoms with Crippen LogP contribution in [0.5, 0.6) is 5.75 Å². The third-order valence-corrected chi connectivity index (χ3v) is 5.39. The number of benzene rings is 3. The van der Waals surface area contributed by atoms with Gasteiger partial charge in [-0.25, -0.2) is 8.42 Å². The van der Waals surface area contributed by atoms with Crippen molar-refractivity contribution < 1.29 is 13.2 Å². The van der Waals surface area contributed by atoms with Crippen LogP contribution in [0.3, 0.4) is 0 Å². The molecule has 0 atom stereocenters. The second-order valence-corrected chi connectivity index (χ2v) is 7.92. The van der Waals surface area contributed by atoms with E-state index in [-0.39, 0.29) is 4.90 Å². The van der Waals surface area contributed by atoms with Gasteiger partial charge >= 0.3 is 0 Å². The summed E-state index contributed by atoms with van der Waals surface area (Å²) in [6, 6.07) is 23.2. The molecule has 26 heavy (non-hydrogen) atoms. The van der Waals surface area contributed by atoms with Gasteiger partial charge in [-0.05, 0) is 53.6 Å². The summed E-state index contributed by atoms with van der Waals surface area (Å²) in [4.78, 5) is 0.209. The van der Waals surface area contributed by atoms with Gasteiger partial charge in [0, 0.05) is 10.4 Å². The van der Waals surface area contributed by atoms with Crippen LogP contribution in [0.1, 0.15) is 11.1 Å². The fourth-order valence-electron chi connectivity index (χ4n) is 2.29. The lowest BCUT2D eigenvalue weighted by Crippen LogP contribution is -1.96. The van der Waals surface area contributed by atoms with E-state index in [2.05, 4.69) is 0 Å². The number of hydrogen-bond donors (Lipinski definition) is 0. The maximum absolute atomic E-state index is 12.3. The Morgan fingerprint density at radius 2 is 1.50 bits per heavy atom. The maximum Gasteiger partial charge on any atom is 0.199 e. The van der Waals surface area contributed by atoms with Crippen molar-refractivity contribution in [1.29, 1.82) is 0 Å². The van der Waals surface area contributed by atoms with E-state index in [4.69, 9.17) is 16.3 Å². The molecule has 0 unspecified atom stereocenters. The molecule has 0 heterocycles. The summed E-state index contributed by atoms with van der Waals surface area (Å²) in [5, 5.41) is 1.69. The molecule has 0 bridgehead atoms. The fourth-order valence-corrected chi connectivity index (χ4v) is 3.42. The third-order valence-electron chi connectivity index (χ3n) is 3.71. The van der Waals surface area contributed by atoms with Crippen molar-refractivity contribution in [2.45, 2.75) is 11.5 Å². The molecule has 0 spiro atoms. The first-order valence-electron chi connectivity index (χ1n) is 7.98. The Morgan fingerprint density at radius 3 is 2.15 bits per heavy atom. The van der Waals surface area contributed by atoms with Crippen molar-refractivity contribution in [1.82, 2.24) is 0 Å². The van der Waals surface area contributed by atoms with Crippen molar-refractivity contribution in [3.8, 4) is 5.75 Å². The summed E-state index contributed by atoms with van der Waals surface area (Å²) in [6.45, 7) is 0.487. The van der Waals surface area contributed by atoms with Gasteiger partial charge in [0.15, 0.2) is 9.84 Å². The Bertz CT molecular complexity index is 978. The second-order valence-electron chi connectivity index (χ2n) is 5.64. The van der Waals surface area contributed by atoms with Crippen LogP contribution in [-0.2, 0) is 16.4 Å². The molecule has 0 saturated carbocycles. The van der Waals surface area contributed by atoms with Gasteiger partial charge in [0.2, 0.25) is 0 Å². The highest BCUT2D eigenvalue weighted by molar-refractivity contribution is 7.94. The molecule has 3 aromatic rings. The molecule has 0 aliphatic carbocycles. The van der Waals surface area contributed by atoms with Gasteiger partial charge in [-0.15, -0.1) is 0 Å². The van der Waals surface area contributed by atoms with Crippen LogP contribution >= 0.6 is 11.6 Å². The van der Waals surface area contributed by atoms with Crippen molar-refractivity contribution in [2.75, 3.05) is 0 Å². The average Bonchev–Trinajstić information content (AvgIpc) is 2.67. The minimum absolute atomic E-state index is 0.209. The summed E-state index contributed by atoms with van der Waals surface area (Å²) < 4.78 is 30.3. The van der Waals surface area contributed by atoms with Gasteiger partial charge < -0.3 is 4.74 Å². The first kappa shape index (κ1) is 18.2. The molecular formula is C21H17ClO3S. The lowest BCUT2D eigenvalue weighted by atomic mass is 10.2. The highest BCUT2D eigenvalue weighted by atomic mass is 35.5. The molecule has 3 nitrogen and oxygen atoms in total. The monoisotopic (exact) mass is 384 g/mol.